The molecule has 0 amide bonds. The highest BCUT2D eigenvalue weighted by atomic mass is 16.5. The molecule has 0 unspecified atom stereocenters. The Bertz CT molecular complexity index is 353. The third-order valence-corrected chi connectivity index (χ3v) is 2.78. The third-order valence-electron chi connectivity index (χ3n) is 2.78. The molecule has 5 nitrogen and oxygen atoms in total. The minimum atomic E-state index is -0.565. The first-order valence-corrected chi connectivity index (χ1v) is 5.64. The third kappa shape index (κ3) is 2.61. The van der Waals surface area contributed by atoms with Crippen molar-refractivity contribution in [2.24, 2.45) is 0 Å². The number of hydrogen-bond acceptors (Lipinski definition) is 5. The van der Waals surface area contributed by atoms with Gasteiger partial charge in [-0.2, -0.15) is 4.98 Å². The molecule has 0 bridgehead atoms. The minimum Gasteiger partial charge on any atom is -0.478 e. The van der Waals surface area contributed by atoms with E-state index < -0.39 is 5.60 Å². The number of hydrogen-bond donors (Lipinski definition) is 2. The second-order valence-corrected chi connectivity index (χ2v) is 4.08. The van der Waals surface area contributed by atoms with Gasteiger partial charge in [0.25, 0.3) is 0 Å². The Kier molecular flexibility index (Phi) is 3.24. The molecular formula is C11H17N3O2. The van der Waals surface area contributed by atoms with Crippen LogP contribution in [0.25, 0.3) is 0 Å². The molecule has 0 radical (unpaired) electrons. The Balaban J connectivity index is 1.90. The molecule has 1 aliphatic carbocycles. The lowest BCUT2D eigenvalue weighted by Crippen LogP contribution is -2.43. The quantitative estimate of drug-likeness (QED) is 0.785. The van der Waals surface area contributed by atoms with Crippen molar-refractivity contribution in [1.29, 1.82) is 0 Å². The fourth-order valence-corrected chi connectivity index (χ4v) is 1.66. The van der Waals surface area contributed by atoms with Crippen LogP contribution >= 0.6 is 0 Å². The molecule has 1 fully saturated rings. The Morgan fingerprint density at radius 3 is 3.00 bits per heavy atom. The van der Waals surface area contributed by atoms with Crippen LogP contribution in [-0.2, 0) is 0 Å². The average Bonchev–Trinajstić information content (AvgIpc) is 2.25. The first kappa shape index (κ1) is 11.1. The zero-order valence-corrected chi connectivity index (χ0v) is 9.44. The van der Waals surface area contributed by atoms with Gasteiger partial charge in [0.05, 0.1) is 12.2 Å². The summed E-state index contributed by atoms with van der Waals surface area (Å²) in [7, 11) is 0. The molecule has 5 heteroatoms. The second kappa shape index (κ2) is 4.65. The lowest BCUT2D eigenvalue weighted by Gasteiger charge is -2.36. The van der Waals surface area contributed by atoms with Gasteiger partial charge in [0.2, 0.25) is 11.8 Å². The van der Waals surface area contributed by atoms with Crippen LogP contribution in [0.3, 0.4) is 0 Å². The van der Waals surface area contributed by atoms with E-state index in [9.17, 15) is 5.11 Å². The van der Waals surface area contributed by atoms with Crippen molar-refractivity contribution < 1.29 is 9.84 Å². The normalized spacial score (nSPS) is 17.6. The zero-order chi connectivity index (χ0) is 11.4. The predicted molar refractivity (Wildman–Crippen MR) is 60.5 cm³/mol. The van der Waals surface area contributed by atoms with E-state index in [4.69, 9.17) is 4.74 Å². The van der Waals surface area contributed by atoms with Crippen molar-refractivity contribution in [1.82, 2.24) is 9.97 Å². The molecule has 2 rings (SSSR count). The summed E-state index contributed by atoms with van der Waals surface area (Å²) in [5.41, 5.74) is -0.565. The van der Waals surface area contributed by atoms with Crippen molar-refractivity contribution in [3.05, 3.63) is 12.3 Å². The van der Waals surface area contributed by atoms with Crippen LogP contribution in [0.2, 0.25) is 0 Å². The van der Waals surface area contributed by atoms with Crippen LogP contribution in [0.4, 0.5) is 5.95 Å². The monoisotopic (exact) mass is 223 g/mol. The molecule has 1 aromatic rings. The van der Waals surface area contributed by atoms with Crippen LogP contribution in [0, 0.1) is 0 Å². The molecule has 0 aliphatic heterocycles. The summed E-state index contributed by atoms with van der Waals surface area (Å²) in [6, 6.07) is 1.72. The lowest BCUT2D eigenvalue weighted by atomic mass is 9.80. The van der Waals surface area contributed by atoms with E-state index in [0.717, 1.165) is 19.3 Å². The summed E-state index contributed by atoms with van der Waals surface area (Å²) >= 11 is 0. The SMILES string of the molecule is CCOc1ccnc(NCC2(O)CCC2)n1. The van der Waals surface area contributed by atoms with Gasteiger partial charge in [-0.1, -0.05) is 0 Å². The summed E-state index contributed by atoms with van der Waals surface area (Å²) < 4.78 is 5.27. The molecule has 1 aromatic heterocycles. The first-order chi connectivity index (χ1) is 7.72. The van der Waals surface area contributed by atoms with Crippen LogP contribution < -0.4 is 10.1 Å². The summed E-state index contributed by atoms with van der Waals surface area (Å²) in [6.07, 6.45) is 4.44. The molecule has 0 aromatic carbocycles. The fourth-order valence-electron chi connectivity index (χ4n) is 1.66. The van der Waals surface area contributed by atoms with Crippen molar-refractivity contribution in [2.75, 3.05) is 18.5 Å². The van der Waals surface area contributed by atoms with Crippen LogP contribution in [0.1, 0.15) is 26.2 Å². The van der Waals surface area contributed by atoms with E-state index >= 15 is 0 Å². The van der Waals surface area contributed by atoms with E-state index in [-0.39, 0.29) is 0 Å². The Hall–Kier alpha value is -1.36. The molecule has 0 spiro atoms. The predicted octanol–water partition coefficient (Wildman–Crippen LogP) is 1.20. The van der Waals surface area contributed by atoms with Crippen molar-refractivity contribution >= 4 is 5.95 Å². The number of nitrogens with zero attached hydrogens (tertiary/aromatic N) is 2. The van der Waals surface area contributed by atoms with Gasteiger partial charge in [0.1, 0.15) is 0 Å². The highest BCUT2D eigenvalue weighted by Gasteiger charge is 2.34. The maximum atomic E-state index is 9.89. The van der Waals surface area contributed by atoms with Crippen molar-refractivity contribution in [2.45, 2.75) is 31.8 Å². The Morgan fingerprint density at radius 2 is 2.38 bits per heavy atom. The standard InChI is InChI=1S/C11H17N3O2/c1-2-16-9-4-7-12-10(14-9)13-8-11(15)5-3-6-11/h4,7,15H,2-3,5-6,8H2,1H3,(H,12,13,14). The van der Waals surface area contributed by atoms with Gasteiger partial charge >= 0.3 is 0 Å². The maximum Gasteiger partial charge on any atom is 0.226 e. The van der Waals surface area contributed by atoms with E-state index in [2.05, 4.69) is 15.3 Å². The number of nitrogens with one attached hydrogen (secondary N) is 1. The van der Waals surface area contributed by atoms with E-state index in [1.807, 2.05) is 6.92 Å². The Labute approximate surface area is 94.9 Å². The molecular weight excluding hydrogens is 206 g/mol. The van der Waals surface area contributed by atoms with E-state index in [1.54, 1.807) is 12.3 Å². The van der Waals surface area contributed by atoms with Gasteiger partial charge in [0, 0.05) is 18.8 Å². The summed E-state index contributed by atoms with van der Waals surface area (Å²) in [4.78, 5) is 8.24. The van der Waals surface area contributed by atoms with Crippen LogP contribution in [0.5, 0.6) is 5.88 Å². The van der Waals surface area contributed by atoms with E-state index in [0.29, 0.717) is 25.0 Å². The molecule has 1 heterocycles. The maximum absolute atomic E-state index is 9.89. The van der Waals surface area contributed by atoms with Gasteiger partial charge < -0.3 is 15.2 Å². The molecule has 88 valence electrons. The molecule has 0 atom stereocenters. The summed E-state index contributed by atoms with van der Waals surface area (Å²) in [5.74, 6) is 1.06. The number of anilines is 1. The zero-order valence-electron chi connectivity index (χ0n) is 9.44. The Morgan fingerprint density at radius 1 is 1.56 bits per heavy atom. The van der Waals surface area contributed by atoms with E-state index in [1.165, 1.54) is 0 Å². The van der Waals surface area contributed by atoms with Crippen molar-refractivity contribution in [3.63, 3.8) is 0 Å². The smallest absolute Gasteiger partial charge is 0.226 e. The topological polar surface area (TPSA) is 67.3 Å². The largest absolute Gasteiger partial charge is 0.478 e. The van der Waals surface area contributed by atoms with Gasteiger partial charge in [0.15, 0.2) is 0 Å². The lowest BCUT2D eigenvalue weighted by molar-refractivity contribution is -0.0203. The fraction of sp³-hybridized carbons (Fsp3) is 0.636. The van der Waals surface area contributed by atoms with Gasteiger partial charge in [-0.25, -0.2) is 4.98 Å². The molecule has 1 aliphatic rings. The summed E-state index contributed by atoms with van der Waals surface area (Å²) in [5, 5.41) is 12.9. The first-order valence-electron chi connectivity index (χ1n) is 5.64. The molecule has 1 saturated carbocycles. The number of aromatic nitrogens is 2. The van der Waals surface area contributed by atoms with Crippen LogP contribution in [0.15, 0.2) is 12.3 Å². The number of aliphatic hydroxyl groups is 1. The highest BCUT2D eigenvalue weighted by Crippen LogP contribution is 2.31. The highest BCUT2D eigenvalue weighted by molar-refractivity contribution is 5.28. The van der Waals surface area contributed by atoms with Gasteiger partial charge in [-0.3, -0.25) is 0 Å². The van der Waals surface area contributed by atoms with Gasteiger partial charge in [-0.15, -0.1) is 0 Å². The van der Waals surface area contributed by atoms with Crippen molar-refractivity contribution in [3.8, 4) is 5.88 Å². The minimum absolute atomic E-state index is 0.503. The number of rotatable bonds is 5. The molecule has 2 N–H and O–H groups in total. The number of ether oxygens (including phenoxy) is 1. The van der Waals surface area contributed by atoms with Crippen LogP contribution in [-0.4, -0.2) is 33.8 Å². The van der Waals surface area contributed by atoms with Gasteiger partial charge in [-0.05, 0) is 26.2 Å². The molecule has 0 saturated heterocycles. The molecule has 16 heavy (non-hydrogen) atoms. The average molecular weight is 223 g/mol. The second-order valence-electron chi connectivity index (χ2n) is 4.08. The summed E-state index contributed by atoms with van der Waals surface area (Å²) in [6.45, 7) is 3.00.